The Bertz CT molecular complexity index is 582. The van der Waals surface area contributed by atoms with Crippen molar-refractivity contribution in [2.24, 2.45) is 0 Å². The molecule has 0 aromatic carbocycles. The molecule has 1 rings (SSSR count). The summed E-state index contributed by atoms with van der Waals surface area (Å²) < 4.78 is 7.18. The highest BCUT2D eigenvalue weighted by Crippen LogP contribution is 2.18. The SMILES string of the molecule is COCCn1c(C)cc(/C=C(/C#N)C(=O)NCCCO)c1C. The molecule has 1 heterocycles. The molecule has 2 N–H and O–H groups in total. The van der Waals surface area contributed by atoms with Crippen LogP contribution in [0.3, 0.4) is 0 Å². The number of nitrogens with one attached hydrogen (secondary N) is 1. The highest BCUT2D eigenvalue weighted by Gasteiger charge is 2.12. The minimum absolute atomic E-state index is 0.00648. The van der Waals surface area contributed by atoms with Gasteiger partial charge >= 0.3 is 0 Å². The van der Waals surface area contributed by atoms with Crippen LogP contribution in [0, 0.1) is 25.2 Å². The lowest BCUT2D eigenvalue weighted by molar-refractivity contribution is -0.117. The second kappa shape index (κ2) is 9.03. The van der Waals surface area contributed by atoms with Crippen molar-refractivity contribution in [3.63, 3.8) is 0 Å². The topological polar surface area (TPSA) is 87.3 Å². The third-order valence-corrected chi connectivity index (χ3v) is 3.42. The van der Waals surface area contributed by atoms with E-state index in [0.29, 0.717) is 19.6 Å². The molecule has 0 aliphatic heterocycles. The van der Waals surface area contributed by atoms with Gasteiger partial charge in [-0.1, -0.05) is 0 Å². The Kier molecular flexibility index (Phi) is 7.37. The van der Waals surface area contributed by atoms with Gasteiger partial charge < -0.3 is 19.7 Å². The first-order valence-corrected chi connectivity index (χ1v) is 7.21. The van der Waals surface area contributed by atoms with Crippen LogP contribution >= 0.6 is 0 Å². The molecule has 0 saturated carbocycles. The lowest BCUT2D eigenvalue weighted by Crippen LogP contribution is -2.26. The van der Waals surface area contributed by atoms with E-state index in [2.05, 4.69) is 9.88 Å². The number of amides is 1. The Morgan fingerprint density at radius 2 is 2.27 bits per heavy atom. The fraction of sp³-hybridized carbons (Fsp3) is 0.500. The maximum Gasteiger partial charge on any atom is 0.261 e. The summed E-state index contributed by atoms with van der Waals surface area (Å²) in [5, 5.41) is 20.5. The van der Waals surface area contributed by atoms with E-state index < -0.39 is 5.91 Å². The number of nitriles is 1. The van der Waals surface area contributed by atoms with Crippen LogP contribution in [0.2, 0.25) is 0 Å². The molecule has 0 radical (unpaired) electrons. The molecule has 22 heavy (non-hydrogen) atoms. The molecule has 0 bridgehead atoms. The average Bonchev–Trinajstić information content (AvgIpc) is 2.77. The molecule has 1 aromatic rings. The Labute approximate surface area is 131 Å². The van der Waals surface area contributed by atoms with Crippen molar-refractivity contribution in [3.05, 3.63) is 28.6 Å². The van der Waals surface area contributed by atoms with Gasteiger partial charge in [-0.3, -0.25) is 4.79 Å². The number of nitrogens with zero attached hydrogens (tertiary/aromatic N) is 2. The lowest BCUT2D eigenvalue weighted by atomic mass is 10.1. The number of aliphatic hydroxyl groups is 1. The van der Waals surface area contributed by atoms with E-state index >= 15 is 0 Å². The molecule has 1 amide bonds. The van der Waals surface area contributed by atoms with Crippen molar-refractivity contribution in [3.8, 4) is 6.07 Å². The maximum absolute atomic E-state index is 11.9. The summed E-state index contributed by atoms with van der Waals surface area (Å²) >= 11 is 0. The number of carbonyl (C=O) groups is 1. The van der Waals surface area contributed by atoms with E-state index in [9.17, 15) is 4.79 Å². The highest BCUT2D eigenvalue weighted by atomic mass is 16.5. The van der Waals surface area contributed by atoms with E-state index in [0.717, 1.165) is 23.5 Å². The number of hydrogen-bond acceptors (Lipinski definition) is 4. The third kappa shape index (κ3) is 4.72. The zero-order chi connectivity index (χ0) is 16.5. The van der Waals surface area contributed by atoms with Crippen LogP contribution in [-0.2, 0) is 16.1 Å². The summed E-state index contributed by atoms with van der Waals surface area (Å²) in [6.45, 7) is 5.62. The van der Waals surface area contributed by atoms with Gasteiger partial charge in [0.2, 0.25) is 0 Å². The summed E-state index contributed by atoms with van der Waals surface area (Å²) in [6, 6.07) is 3.88. The van der Waals surface area contributed by atoms with Crippen molar-refractivity contribution in [2.75, 3.05) is 26.9 Å². The Hall–Kier alpha value is -2.10. The number of carbonyl (C=O) groups excluding carboxylic acids is 1. The van der Waals surface area contributed by atoms with Gasteiger partial charge in [-0.15, -0.1) is 0 Å². The minimum Gasteiger partial charge on any atom is -0.396 e. The molecule has 0 spiro atoms. The van der Waals surface area contributed by atoms with Crippen LogP contribution in [0.1, 0.15) is 23.4 Å². The molecule has 0 fully saturated rings. The number of methoxy groups -OCH3 is 1. The zero-order valence-corrected chi connectivity index (χ0v) is 13.3. The van der Waals surface area contributed by atoms with Crippen LogP contribution < -0.4 is 5.32 Å². The quantitative estimate of drug-likeness (QED) is 0.428. The number of rotatable bonds is 8. The average molecular weight is 305 g/mol. The van der Waals surface area contributed by atoms with E-state index in [1.54, 1.807) is 13.2 Å². The molecule has 1 aromatic heterocycles. The maximum atomic E-state index is 11.9. The zero-order valence-electron chi connectivity index (χ0n) is 13.3. The van der Waals surface area contributed by atoms with Crippen LogP contribution in [-0.4, -0.2) is 42.4 Å². The summed E-state index contributed by atoms with van der Waals surface area (Å²) in [6.07, 6.45) is 2.07. The van der Waals surface area contributed by atoms with Gasteiger partial charge in [-0.2, -0.15) is 5.26 Å². The first-order chi connectivity index (χ1) is 10.5. The Morgan fingerprint density at radius 1 is 1.55 bits per heavy atom. The fourth-order valence-corrected chi connectivity index (χ4v) is 2.18. The van der Waals surface area contributed by atoms with Gasteiger partial charge in [0.1, 0.15) is 11.6 Å². The number of ether oxygens (including phenoxy) is 1. The first kappa shape index (κ1) is 18.0. The van der Waals surface area contributed by atoms with Crippen molar-refractivity contribution < 1.29 is 14.6 Å². The van der Waals surface area contributed by atoms with Crippen LogP contribution in [0.4, 0.5) is 0 Å². The second-order valence-corrected chi connectivity index (χ2v) is 4.97. The smallest absolute Gasteiger partial charge is 0.261 e. The molecule has 6 nitrogen and oxygen atoms in total. The van der Waals surface area contributed by atoms with E-state index in [1.165, 1.54) is 0 Å². The first-order valence-electron chi connectivity index (χ1n) is 7.21. The van der Waals surface area contributed by atoms with Crippen molar-refractivity contribution in [2.45, 2.75) is 26.8 Å². The van der Waals surface area contributed by atoms with Crippen LogP contribution in [0.15, 0.2) is 11.6 Å². The summed E-state index contributed by atoms with van der Waals surface area (Å²) in [5.74, 6) is -0.419. The van der Waals surface area contributed by atoms with Gasteiger partial charge in [0.15, 0.2) is 0 Å². The summed E-state index contributed by atoms with van der Waals surface area (Å²) in [7, 11) is 1.65. The third-order valence-electron chi connectivity index (χ3n) is 3.42. The molecule has 0 unspecified atom stereocenters. The number of aliphatic hydroxyl groups excluding tert-OH is 1. The van der Waals surface area contributed by atoms with Gasteiger partial charge in [-0.05, 0) is 38.0 Å². The standard InChI is InChI=1S/C16H23N3O3/c1-12-9-14(13(2)19(12)6-8-22-3)10-15(11-17)16(21)18-5-4-7-20/h9-10,20H,4-8H2,1-3H3,(H,18,21)/b15-10-. The number of aromatic nitrogens is 1. The lowest BCUT2D eigenvalue weighted by Gasteiger charge is -2.08. The van der Waals surface area contributed by atoms with E-state index in [4.69, 9.17) is 15.1 Å². The molecule has 0 saturated heterocycles. The van der Waals surface area contributed by atoms with Crippen LogP contribution in [0.25, 0.3) is 6.08 Å². The molecule has 120 valence electrons. The van der Waals surface area contributed by atoms with Gasteiger partial charge in [0, 0.05) is 38.2 Å². The predicted molar refractivity (Wildman–Crippen MR) is 84.1 cm³/mol. The highest BCUT2D eigenvalue weighted by molar-refractivity contribution is 6.01. The molecule has 0 aliphatic carbocycles. The minimum atomic E-state index is -0.419. The molecule has 0 atom stereocenters. The molecule has 0 aliphatic rings. The predicted octanol–water partition coefficient (Wildman–Crippen LogP) is 1.16. The summed E-state index contributed by atoms with van der Waals surface area (Å²) in [4.78, 5) is 11.9. The van der Waals surface area contributed by atoms with Crippen molar-refractivity contribution >= 4 is 12.0 Å². The largest absolute Gasteiger partial charge is 0.396 e. The fourth-order valence-electron chi connectivity index (χ4n) is 2.18. The van der Waals surface area contributed by atoms with Gasteiger partial charge in [-0.25, -0.2) is 0 Å². The van der Waals surface area contributed by atoms with E-state index in [1.807, 2.05) is 26.0 Å². The Morgan fingerprint density at radius 3 is 2.86 bits per heavy atom. The Balaban J connectivity index is 2.94. The second-order valence-electron chi connectivity index (χ2n) is 4.97. The summed E-state index contributed by atoms with van der Waals surface area (Å²) in [5.41, 5.74) is 2.96. The van der Waals surface area contributed by atoms with Gasteiger partial charge in [0.25, 0.3) is 5.91 Å². The van der Waals surface area contributed by atoms with Crippen molar-refractivity contribution in [1.82, 2.24) is 9.88 Å². The van der Waals surface area contributed by atoms with E-state index in [-0.39, 0.29) is 12.2 Å². The molecular formula is C16H23N3O3. The van der Waals surface area contributed by atoms with Crippen LogP contribution in [0.5, 0.6) is 0 Å². The normalized spacial score (nSPS) is 11.3. The molecule has 6 heteroatoms. The molecular weight excluding hydrogens is 282 g/mol. The van der Waals surface area contributed by atoms with Gasteiger partial charge in [0.05, 0.1) is 6.61 Å². The number of aryl methyl sites for hydroxylation is 1. The monoisotopic (exact) mass is 305 g/mol. The van der Waals surface area contributed by atoms with Crippen molar-refractivity contribution in [1.29, 1.82) is 5.26 Å². The number of hydrogen-bond donors (Lipinski definition) is 2.